The molecule has 3 aliphatic heterocycles. The van der Waals surface area contributed by atoms with Crippen molar-refractivity contribution >= 4 is 35.2 Å². The van der Waals surface area contributed by atoms with E-state index in [0.29, 0.717) is 37.4 Å². The number of thioether (sulfide) groups is 1. The Labute approximate surface area is 271 Å². The molecule has 2 bridgehead atoms. The van der Waals surface area contributed by atoms with Crippen LogP contribution in [0.1, 0.15) is 52.1 Å². The predicted molar refractivity (Wildman–Crippen MR) is 179 cm³/mol. The van der Waals surface area contributed by atoms with Gasteiger partial charge in [0.25, 0.3) is 0 Å². The van der Waals surface area contributed by atoms with Gasteiger partial charge in [0.1, 0.15) is 11.8 Å². The molecular weight excluding hydrogens is 586 g/mol. The minimum atomic E-state index is -0.849. The van der Waals surface area contributed by atoms with Crippen LogP contribution in [0.5, 0.6) is 5.75 Å². The summed E-state index contributed by atoms with van der Waals surface area (Å²) in [6.45, 7) is 16.5. The van der Waals surface area contributed by atoms with Gasteiger partial charge in [0.2, 0.25) is 17.7 Å². The van der Waals surface area contributed by atoms with Crippen molar-refractivity contribution in [2.45, 2.75) is 68.2 Å². The summed E-state index contributed by atoms with van der Waals surface area (Å²) in [5.74, 6) is -1.27. The number of amides is 3. The number of carbonyl (C=O) groups excluding carboxylic acids is 3. The van der Waals surface area contributed by atoms with Crippen molar-refractivity contribution in [1.82, 2.24) is 9.80 Å². The molecule has 2 aromatic rings. The van der Waals surface area contributed by atoms with Crippen molar-refractivity contribution in [2.75, 3.05) is 31.2 Å². The third-order valence-corrected chi connectivity index (χ3v) is 11.7. The average molecular weight is 632 g/mol. The minimum absolute atomic E-state index is 0.133. The van der Waals surface area contributed by atoms with E-state index in [1.54, 1.807) is 38.6 Å². The van der Waals surface area contributed by atoms with Crippen LogP contribution in [0, 0.1) is 11.8 Å². The summed E-state index contributed by atoms with van der Waals surface area (Å²) in [5.41, 5.74) is 1.44. The summed E-state index contributed by atoms with van der Waals surface area (Å²) in [4.78, 5) is 49.4. The van der Waals surface area contributed by atoms with Gasteiger partial charge >= 0.3 is 0 Å². The quantitative estimate of drug-likeness (QED) is 0.304. The zero-order valence-corrected chi connectivity index (χ0v) is 27.5. The van der Waals surface area contributed by atoms with Gasteiger partial charge in [-0.1, -0.05) is 42.5 Å². The lowest BCUT2D eigenvalue weighted by Gasteiger charge is -2.40. The summed E-state index contributed by atoms with van der Waals surface area (Å²) in [6, 6.07) is 15.0. The molecule has 8 nitrogen and oxygen atoms in total. The van der Waals surface area contributed by atoms with Crippen LogP contribution in [-0.4, -0.2) is 80.5 Å². The Balaban J connectivity index is 1.62. The number of fused-ring (bicyclic) bond motifs is 1. The first-order valence-corrected chi connectivity index (χ1v) is 16.6. The molecule has 3 saturated heterocycles. The number of benzene rings is 2. The molecule has 1 N–H and O–H groups in total. The molecule has 2 unspecified atom stereocenters. The molecule has 3 heterocycles. The number of rotatable bonds is 13. The lowest BCUT2D eigenvalue weighted by molar-refractivity contribution is -0.146. The Morgan fingerprint density at radius 1 is 1.07 bits per heavy atom. The number of hydrogen-bond acceptors (Lipinski definition) is 6. The predicted octanol–water partition coefficient (Wildman–Crippen LogP) is 5.24. The molecule has 3 amide bonds. The maximum absolute atomic E-state index is 14.9. The minimum Gasteiger partial charge on any atom is -0.494 e. The Morgan fingerprint density at radius 2 is 1.73 bits per heavy atom. The Bertz CT molecular complexity index is 1430. The second-order valence-corrected chi connectivity index (χ2v) is 14.5. The van der Waals surface area contributed by atoms with E-state index in [1.807, 2.05) is 75.4 Å². The monoisotopic (exact) mass is 631 g/mol. The lowest BCUT2D eigenvalue weighted by Crippen LogP contribution is -2.57. The van der Waals surface area contributed by atoms with Crippen molar-refractivity contribution in [3.63, 3.8) is 0 Å². The van der Waals surface area contributed by atoms with E-state index in [2.05, 4.69) is 20.1 Å². The fourth-order valence-electron chi connectivity index (χ4n) is 7.74. The van der Waals surface area contributed by atoms with Gasteiger partial charge in [-0.3, -0.25) is 14.4 Å². The van der Waals surface area contributed by atoms with Gasteiger partial charge in [-0.15, -0.1) is 24.9 Å². The molecule has 45 heavy (non-hydrogen) atoms. The normalized spacial score (nSPS) is 27.3. The summed E-state index contributed by atoms with van der Waals surface area (Å²) >= 11 is 1.63. The standard InChI is InChI=1S/C36H45N3O5S/c1-7-21-37(24(4)5)34(43)31-36-20-19-35(6,45-36)29(30(36)33(42)39(31)28(23-40)25-13-11-10-12-14-25)32(41)38(22-8-2)26-15-17-27(18-16-26)44-9-3/h7-8,10-18,24,28-31,40H,1-2,9,19-23H2,3-6H3/t28-,29-,30+,31?,35+,36?/m1/s1. The lowest BCUT2D eigenvalue weighted by atomic mass is 9.66. The van der Waals surface area contributed by atoms with Gasteiger partial charge in [0.05, 0.1) is 35.8 Å². The molecule has 3 fully saturated rings. The zero-order chi connectivity index (χ0) is 32.5. The highest BCUT2D eigenvalue weighted by molar-refractivity contribution is 8.02. The summed E-state index contributed by atoms with van der Waals surface area (Å²) < 4.78 is 4.25. The summed E-state index contributed by atoms with van der Waals surface area (Å²) in [7, 11) is 0. The van der Waals surface area contributed by atoms with E-state index >= 15 is 0 Å². The fraction of sp³-hybridized carbons (Fsp3) is 0.472. The summed E-state index contributed by atoms with van der Waals surface area (Å²) in [6.07, 6.45) is 4.71. The van der Waals surface area contributed by atoms with Crippen LogP contribution >= 0.6 is 11.8 Å². The molecule has 6 atom stereocenters. The van der Waals surface area contributed by atoms with Gasteiger partial charge in [0, 0.05) is 29.6 Å². The van der Waals surface area contributed by atoms with Crippen LogP contribution in [0.2, 0.25) is 0 Å². The van der Waals surface area contributed by atoms with Crippen molar-refractivity contribution in [3.05, 3.63) is 85.5 Å². The highest BCUT2D eigenvalue weighted by atomic mass is 32.2. The van der Waals surface area contributed by atoms with E-state index in [9.17, 15) is 19.5 Å². The van der Waals surface area contributed by atoms with Crippen LogP contribution in [-0.2, 0) is 14.4 Å². The van der Waals surface area contributed by atoms with Crippen molar-refractivity contribution in [1.29, 1.82) is 0 Å². The number of anilines is 1. The number of aliphatic hydroxyl groups is 1. The van der Waals surface area contributed by atoms with Crippen LogP contribution in [0.15, 0.2) is 79.9 Å². The molecule has 240 valence electrons. The second kappa shape index (κ2) is 13.0. The van der Waals surface area contributed by atoms with Crippen molar-refractivity contribution < 1.29 is 24.2 Å². The molecule has 0 saturated carbocycles. The second-order valence-electron chi connectivity index (χ2n) is 12.6. The molecule has 0 aromatic heterocycles. The van der Waals surface area contributed by atoms with E-state index in [4.69, 9.17) is 4.74 Å². The van der Waals surface area contributed by atoms with Crippen LogP contribution in [0.4, 0.5) is 5.69 Å². The molecular formula is C36H45N3O5S. The Morgan fingerprint density at radius 3 is 2.31 bits per heavy atom. The van der Waals surface area contributed by atoms with E-state index in [-0.39, 0.29) is 36.9 Å². The maximum Gasteiger partial charge on any atom is 0.247 e. The molecule has 1 spiro atoms. The van der Waals surface area contributed by atoms with E-state index in [1.165, 1.54) is 0 Å². The van der Waals surface area contributed by atoms with Crippen LogP contribution in [0.25, 0.3) is 0 Å². The van der Waals surface area contributed by atoms with Gasteiger partial charge in [-0.25, -0.2) is 0 Å². The first-order valence-electron chi connectivity index (χ1n) is 15.8. The third kappa shape index (κ3) is 5.48. The van der Waals surface area contributed by atoms with Crippen molar-refractivity contribution in [2.24, 2.45) is 11.8 Å². The van der Waals surface area contributed by atoms with Crippen LogP contribution < -0.4 is 9.64 Å². The number of hydrogen-bond donors (Lipinski definition) is 1. The number of carbonyl (C=O) groups is 3. The van der Waals surface area contributed by atoms with Crippen molar-refractivity contribution in [3.8, 4) is 5.75 Å². The first kappa shape index (κ1) is 32.8. The average Bonchev–Trinajstić information content (AvgIpc) is 3.60. The first-order chi connectivity index (χ1) is 21.6. The SMILES string of the molecule is C=CCN(C(=O)[C@H]1[C@H]2C(=O)N([C@H](CO)c3ccccc3)C(C(=O)N(CC=C)C(C)C)C23CC[C@]1(C)S3)c1ccc(OCC)cc1. The molecule has 2 aromatic carbocycles. The molecule has 9 heteroatoms. The Hall–Kier alpha value is -3.56. The highest BCUT2D eigenvalue weighted by Gasteiger charge is 2.78. The zero-order valence-electron chi connectivity index (χ0n) is 26.7. The number of nitrogens with zero attached hydrogens (tertiary/aromatic N) is 3. The largest absolute Gasteiger partial charge is 0.494 e. The number of aliphatic hydroxyl groups excluding tert-OH is 1. The maximum atomic E-state index is 14.9. The van der Waals surface area contributed by atoms with Gasteiger partial charge in [-0.05, 0) is 70.4 Å². The smallest absolute Gasteiger partial charge is 0.247 e. The highest BCUT2D eigenvalue weighted by Crippen LogP contribution is 2.72. The fourth-order valence-corrected chi connectivity index (χ4v) is 10.1. The number of likely N-dealkylation sites (tertiary alicyclic amines) is 1. The molecule has 0 aliphatic carbocycles. The third-order valence-electron chi connectivity index (χ3n) is 9.68. The van der Waals surface area contributed by atoms with E-state index < -0.39 is 33.4 Å². The van der Waals surface area contributed by atoms with Gasteiger partial charge in [0.15, 0.2) is 0 Å². The Kier molecular flexibility index (Phi) is 9.52. The summed E-state index contributed by atoms with van der Waals surface area (Å²) in [5, 5.41) is 10.8. The molecule has 0 radical (unpaired) electrons. The number of ether oxygens (including phenoxy) is 1. The van der Waals surface area contributed by atoms with E-state index in [0.717, 1.165) is 5.56 Å². The van der Waals surface area contributed by atoms with Gasteiger partial charge in [-0.2, -0.15) is 0 Å². The topological polar surface area (TPSA) is 90.4 Å². The molecule has 5 rings (SSSR count). The van der Waals surface area contributed by atoms with Gasteiger partial charge < -0.3 is 24.5 Å². The van der Waals surface area contributed by atoms with Crippen LogP contribution in [0.3, 0.4) is 0 Å². The molecule has 3 aliphatic rings.